The molecule has 0 spiro atoms. The van der Waals surface area contributed by atoms with Crippen LogP contribution in [0.4, 0.5) is 5.69 Å². The lowest BCUT2D eigenvalue weighted by molar-refractivity contribution is -0.150. The normalized spacial score (nSPS) is 21.0. The number of amides is 2. The Morgan fingerprint density at radius 1 is 1.29 bits per heavy atom. The number of hydrogen-bond donors (Lipinski definition) is 3. The van der Waals surface area contributed by atoms with Crippen molar-refractivity contribution < 1.29 is 24.2 Å². The number of carbonyl (C=O) groups is 3. The number of aliphatic carboxylic acids is 1. The number of carboxylic acids is 1. The average Bonchev–Trinajstić information content (AvgIpc) is 2.88. The van der Waals surface area contributed by atoms with Crippen LogP contribution in [0.5, 0.6) is 0 Å². The summed E-state index contributed by atoms with van der Waals surface area (Å²) >= 11 is 5.87. The predicted octanol–water partition coefficient (Wildman–Crippen LogP) is 1.01. The second kappa shape index (κ2) is 6.11. The Bertz CT molecular complexity index is 604. The third-order valence-corrected chi connectivity index (χ3v) is 3.40. The van der Waals surface area contributed by atoms with Crippen LogP contribution >= 0.6 is 11.6 Å². The van der Waals surface area contributed by atoms with Crippen LogP contribution in [0.2, 0.25) is 5.02 Å². The van der Waals surface area contributed by atoms with Gasteiger partial charge in [0.1, 0.15) is 6.10 Å². The molecule has 21 heavy (non-hydrogen) atoms. The first-order chi connectivity index (χ1) is 9.88. The minimum Gasteiger partial charge on any atom is -0.479 e. The van der Waals surface area contributed by atoms with E-state index in [9.17, 15) is 14.4 Å². The number of nitrogens with two attached hydrogens (primary N) is 1. The molecule has 1 aromatic rings. The molecule has 112 valence electrons. The van der Waals surface area contributed by atoms with Gasteiger partial charge in [-0.05, 0) is 31.0 Å². The summed E-state index contributed by atoms with van der Waals surface area (Å²) in [5, 5.41) is 11.5. The number of carboxylic acid groups (broad SMARTS) is 1. The number of primary amides is 1. The zero-order chi connectivity index (χ0) is 15.6. The van der Waals surface area contributed by atoms with Gasteiger partial charge < -0.3 is 20.9 Å². The smallest absolute Gasteiger partial charge is 0.332 e. The van der Waals surface area contributed by atoms with Crippen molar-refractivity contribution in [3.05, 3.63) is 28.8 Å². The molecule has 0 bridgehead atoms. The summed E-state index contributed by atoms with van der Waals surface area (Å²) < 4.78 is 5.13. The average molecular weight is 313 g/mol. The van der Waals surface area contributed by atoms with Gasteiger partial charge in [0.2, 0.25) is 5.91 Å². The maximum absolute atomic E-state index is 11.9. The summed E-state index contributed by atoms with van der Waals surface area (Å²) in [7, 11) is 0. The van der Waals surface area contributed by atoms with E-state index < -0.39 is 30.0 Å². The van der Waals surface area contributed by atoms with Crippen molar-refractivity contribution in [2.24, 2.45) is 5.73 Å². The van der Waals surface area contributed by atoms with E-state index in [1.165, 1.54) is 18.2 Å². The lowest BCUT2D eigenvalue weighted by Crippen LogP contribution is -2.30. The van der Waals surface area contributed by atoms with Gasteiger partial charge >= 0.3 is 5.97 Å². The molecule has 1 aromatic carbocycles. The maximum Gasteiger partial charge on any atom is 0.332 e. The highest BCUT2D eigenvalue weighted by Crippen LogP contribution is 2.24. The Balaban J connectivity index is 2.02. The third kappa shape index (κ3) is 3.50. The summed E-state index contributed by atoms with van der Waals surface area (Å²) in [6, 6.07) is 4.27. The molecule has 1 aliphatic rings. The molecule has 0 aliphatic carbocycles. The Morgan fingerprint density at radius 2 is 1.95 bits per heavy atom. The molecular weight excluding hydrogens is 300 g/mol. The Labute approximate surface area is 125 Å². The number of carbonyl (C=O) groups excluding carboxylic acids is 2. The van der Waals surface area contributed by atoms with E-state index in [-0.39, 0.29) is 17.0 Å². The Morgan fingerprint density at radius 3 is 2.48 bits per heavy atom. The van der Waals surface area contributed by atoms with Gasteiger partial charge in [0.25, 0.3) is 5.91 Å². The number of rotatable bonds is 4. The zero-order valence-corrected chi connectivity index (χ0v) is 11.6. The topological polar surface area (TPSA) is 119 Å². The van der Waals surface area contributed by atoms with Crippen LogP contribution < -0.4 is 11.1 Å². The van der Waals surface area contributed by atoms with Crippen LogP contribution in [0.1, 0.15) is 23.2 Å². The Kier molecular flexibility index (Phi) is 4.44. The van der Waals surface area contributed by atoms with Gasteiger partial charge in [-0.3, -0.25) is 9.59 Å². The van der Waals surface area contributed by atoms with E-state index in [0.29, 0.717) is 12.1 Å². The second-order valence-electron chi connectivity index (χ2n) is 4.58. The van der Waals surface area contributed by atoms with E-state index in [4.69, 9.17) is 27.2 Å². The van der Waals surface area contributed by atoms with Gasteiger partial charge in [-0.2, -0.15) is 0 Å². The van der Waals surface area contributed by atoms with Crippen LogP contribution in [-0.4, -0.2) is 35.1 Å². The summed E-state index contributed by atoms with van der Waals surface area (Å²) in [6.07, 6.45) is -1.16. The summed E-state index contributed by atoms with van der Waals surface area (Å²) in [6.45, 7) is 0. The van der Waals surface area contributed by atoms with Crippen molar-refractivity contribution in [3.8, 4) is 0 Å². The minimum absolute atomic E-state index is 0.121. The first-order valence-corrected chi connectivity index (χ1v) is 6.54. The highest BCUT2D eigenvalue weighted by Gasteiger charge is 2.34. The number of nitrogens with one attached hydrogen (secondary N) is 1. The van der Waals surface area contributed by atoms with Gasteiger partial charge in [0.05, 0.1) is 10.6 Å². The molecule has 2 amide bonds. The lowest BCUT2D eigenvalue weighted by Gasteiger charge is -2.12. The fourth-order valence-corrected chi connectivity index (χ4v) is 2.30. The summed E-state index contributed by atoms with van der Waals surface area (Å²) in [4.78, 5) is 33.7. The summed E-state index contributed by atoms with van der Waals surface area (Å²) in [5.41, 5.74) is 5.65. The summed E-state index contributed by atoms with van der Waals surface area (Å²) in [5.74, 6) is -2.21. The first kappa shape index (κ1) is 15.3. The fourth-order valence-electron chi connectivity index (χ4n) is 2.03. The van der Waals surface area contributed by atoms with Gasteiger partial charge in [0.15, 0.2) is 6.10 Å². The Hall–Kier alpha value is -2.12. The van der Waals surface area contributed by atoms with Crippen molar-refractivity contribution in [1.29, 1.82) is 0 Å². The molecule has 4 N–H and O–H groups in total. The van der Waals surface area contributed by atoms with E-state index in [2.05, 4.69) is 5.32 Å². The molecule has 2 unspecified atom stereocenters. The SMILES string of the molecule is NC(=O)c1ccc(NC(=O)C2CCC(C(=O)O)O2)cc1Cl. The molecule has 1 saturated heterocycles. The third-order valence-electron chi connectivity index (χ3n) is 3.09. The fraction of sp³-hybridized carbons (Fsp3) is 0.308. The van der Waals surface area contributed by atoms with Crippen LogP contribution in [0.3, 0.4) is 0 Å². The van der Waals surface area contributed by atoms with Gasteiger partial charge in [0, 0.05) is 5.69 Å². The lowest BCUT2D eigenvalue weighted by atomic mass is 10.1. The molecule has 1 heterocycles. The molecule has 1 fully saturated rings. The van der Waals surface area contributed by atoms with Crippen LogP contribution in [-0.2, 0) is 14.3 Å². The van der Waals surface area contributed by atoms with Crippen molar-refractivity contribution in [2.75, 3.05) is 5.32 Å². The highest BCUT2D eigenvalue weighted by atomic mass is 35.5. The van der Waals surface area contributed by atoms with Gasteiger partial charge in [-0.25, -0.2) is 4.79 Å². The van der Waals surface area contributed by atoms with E-state index in [1.54, 1.807) is 0 Å². The van der Waals surface area contributed by atoms with Crippen molar-refractivity contribution >= 4 is 35.1 Å². The quantitative estimate of drug-likeness (QED) is 0.766. The maximum atomic E-state index is 11.9. The van der Waals surface area contributed by atoms with Crippen molar-refractivity contribution in [1.82, 2.24) is 0 Å². The molecule has 0 radical (unpaired) electrons. The monoisotopic (exact) mass is 312 g/mol. The largest absolute Gasteiger partial charge is 0.479 e. The number of anilines is 1. The highest BCUT2D eigenvalue weighted by molar-refractivity contribution is 6.34. The molecule has 2 rings (SSSR count). The van der Waals surface area contributed by atoms with Crippen molar-refractivity contribution in [3.63, 3.8) is 0 Å². The molecular formula is C13H13ClN2O5. The second-order valence-corrected chi connectivity index (χ2v) is 4.98. The first-order valence-electron chi connectivity index (χ1n) is 6.17. The number of halogens is 1. The van der Waals surface area contributed by atoms with Crippen molar-refractivity contribution in [2.45, 2.75) is 25.0 Å². The molecule has 0 saturated carbocycles. The van der Waals surface area contributed by atoms with Crippen LogP contribution in [0.15, 0.2) is 18.2 Å². The molecule has 1 aliphatic heterocycles. The zero-order valence-electron chi connectivity index (χ0n) is 10.8. The number of ether oxygens (including phenoxy) is 1. The molecule has 7 nitrogen and oxygen atoms in total. The van der Waals surface area contributed by atoms with Gasteiger partial charge in [-0.1, -0.05) is 11.6 Å². The predicted molar refractivity (Wildman–Crippen MR) is 74.1 cm³/mol. The van der Waals surface area contributed by atoms with Crippen LogP contribution in [0.25, 0.3) is 0 Å². The minimum atomic E-state index is -1.08. The number of hydrogen-bond acceptors (Lipinski definition) is 4. The molecule has 0 aromatic heterocycles. The van der Waals surface area contributed by atoms with E-state index in [0.717, 1.165) is 0 Å². The van der Waals surface area contributed by atoms with E-state index in [1.807, 2.05) is 0 Å². The molecule has 8 heteroatoms. The standard InChI is InChI=1S/C13H13ClN2O5/c14-8-5-6(1-2-7(8)11(15)17)16-12(18)9-3-4-10(21-9)13(19)20/h1-2,5,9-10H,3-4H2,(H2,15,17)(H,16,18)(H,19,20). The molecule has 2 atom stereocenters. The van der Waals surface area contributed by atoms with Crippen LogP contribution in [0, 0.1) is 0 Å². The van der Waals surface area contributed by atoms with Gasteiger partial charge in [-0.15, -0.1) is 0 Å². The number of benzene rings is 1. The van der Waals surface area contributed by atoms with E-state index >= 15 is 0 Å².